The van der Waals surface area contributed by atoms with E-state index in [1.165, 1.54) is 18.3 Å². The maximum atomic E-state index is 11.8. The highest BCUT2D eigenvalue weighted by molar-refractivity contribution is 9.10. The molecule has 0 atom stereocenters. The molecule has 1 N–H and O–H groups in total. The summed E-state index contributed by atoms with van der Waals surface area (Å²) >= 11 is 3.21. The van der Waals surface area contributed by atoms with Crippen LogP contribution in [0.5, 0.6) is 0 Å². The fourth-order valence-corrected chi connectivity index (χ4v) is 1.81. The molecule has 0 saturated heterocycles. The Morgan fingerprint density at radius 2 is 1.95 bits per heavy atom. The van der Waals surface area contributed by atoms with Gasteiger partial charge in [0.05, 0.1) is 23.2 Å². The van der Waals surface area contributed by atoms with Gasteiger partial charge in [-0.3, -0.25) is 14.9 Å². The summed E-state index contributed by atoms with van der Waals surface area (Å²) in [6.45, 7) is 0. The first-order valence-corrected chi connectivity index (χ1v) is 6.48. The number of pyridine rings is 1. The summed E-state index contributed by atoms with van der Waals surface area (Å²) < 4.78 is 0.686. The third-order valence-electron chi connectivity index (χ3n) is 2.52. The standard InChI is InChI=1S/C13H10BrN3O3/c14-12-6-3-10(8-15-12)16-13(18)7-9-1-4-11(5-2-9)17(19)20/h1-6,8H,7H2,(H,16,18). The third-order valence-corrected chi connectivity index (χ3v) is 2.99. The summed E-state index contributed by atoms with van der Waals surface area (Å²) in [7, 11) is 0. The van der Waals surface area contributed by atoms with Gasteiger partial charge in [0.1, 0.15) is 4.60 Å². The zero-order valence-corrected chi connectivity index (χ0v) is 11.8. The van der Waals surface area contributed by atoms with Crippen LogP contribution in [0.25, 0.3) is 0 Å². The van der Waals surface area contributed by atoms with Crippen LogP contribution in [0.2, 0.25) is 0 Å². The summed E-state index contributed by atoms with van der Waals surface area (Å²) in [6, 6.07) is 9.34. The number of benzene rings is 1. The van der Waals surface area contributed by atoms with Gasteiger partial charge in [-0.15, -0.1) is 0 Å². The molecule has 1 amide bonds. The second-order valence-corrected chi connectivity index (χ2v) is 4.83. The van der Waals surface area contributed by atoms with Crippen LogP contribution in [0, 0.1) is 10.1 Å². The Labute approximate surface area is 123 Å². The van der Waals surface area contributed by atoms with E-state index in [1.807, 2.05) is 0 Å². The fraction of sp³-hybridized carbons (Fsp3) is 0.0769. The molecule has 1 aromatic carbocycles. The van der Waals surface area contributed by atoms with Crippen LogP contribution in [-0.4, -0.2) is 15.8 Å². The van der Waals surface area contributed by atoms with Gasteiger partial charge in [-0.1, -0.05) is 12.1 Å². The molecule has 20 heavy (non-hydrogen) atoms. The van der Waals surface area contributed by atoms with Crippen LogP contribution >= 0.6 is 15.9 Å². The van der Waals surface area contributed by atoms with Crippen LogP contribution in [0.3, 0.4) is 0 Å². The number of carbonyl (C=O) groups excluding carboxylic acids is 1. The lowest BCUT2D eigenvalue weighted by molar-refractivity contribution is -0.384. The van der Waals surface area contributed by atoms with Crippen molar-refractivity contribution in [3.8, 4) is 0 Å². The topological polar surface area (TPSA) is 85.1 Å². The molecule has 2 rings (SSSR count). The Kier molecular flexibility index (Phi) is 4.41. The lowest BCUT2D eigenvalue weighted by Crippen LogP contribution is -2.14. The molecular weight excluding hydrogens is 326 g/mol. The van der Waals surface area contributed by atoms with Crippen LogP contribution in [0.4, 0.5) is 11.4 Å². The Balaban J connectivity index is 1.97. The number of rotatable bonds is 4. The summed E-state index contributed by atoms with van der Waals surface area (Å²) in [5.74, 6) is -0.206. The van der Waals surface area contributed by atoms with Gasteiger partial charge in [-0.05, 0) is 33.6 Å². The second kappa shape index (κ2) is 6.25. The van der Waals surface area contributed by atoms with Crippen molar-refractivity contribution in [3.63, 3.8) is 0 Å². The summed E-state index contributed by atoms with van der Waals surface area (Å²) in [5.41, 5.74) is 1.31. The highest BCUT2D eigenvalue weighted by Gasteiger charge is 2.07. The van der Waals surface area contributed by atoms with E-state index in [2.05, 4.69) is 26.2 Å². The molecule has 6 nitrogen and oxygen atoms in total. The highest BCUT2D eigenvalue weighted by Crippen LogP contribution is 2.14. The number of nitrogens with one attached hydrogen (secondary N) is 1. The number of amides is 1. The zero-order chi connectivity index (χ0) is 14.5. The van der Waals surface area contributed by atoms with Crippen LogP contribution in [0.1, 0.15) is 5.56 Å². The largest absolute Gasteiger partial charge is 0.324 e. The maximum Gasteiger partial charge on any atom is 0.269 e. The third kappa shape index (κ3) is 3.86. The van der Waals surface area contributed by atoms with Crippen molar-refractivity contribution in [2.45, 2.75) is 6.42 Å². The minimum Gasteiger partial charge on any atom is -0.324 e. The molecule has 1 heterocycles. The number of nitro groups is 1. The number of hydrogen-bond donors (Lipinski definition) is 1. The number of non-ortho nitro benzene ring substituents is 1. The number of nitrogens with zero attached hydrogens (tertiary/aromatic N) is 2. The molecule has 2 aromatic rings. The van der Waals surface area contributed by atoms with Gasteiger partial charge in [-0.2, -0.15) is 0 Å². The number of anilines is 1. The summed E-state index contributed by atoms with van der Waals surface area (Å²) in [6.07, 6.45) is 1.69. The van der Waals surface area contributed by atoms with Crippen molar-refractivity contribution in [1.82, 2.24) is 4.98 Å². The normalized spacial score (nSPS) is 10.1. The smallest absolute Gasteiger partial charge is 0.269 e. The molecule has 0 bridgehead atoms. The highest BCUT2D eigenvalue weighted by atomic mass is 79.9. The van der Waals surface area contributed by atoms with E-state index in [1.54, 1.807) is 24.3 Å². The van der Waals surface area contributed by atoms with Gasteiger partial charge in [0.15, 0.2) is 0 Å². The molecule has 0 radical (unpaired) electrons. The minimum atomic E-state index is -0.475. The molecule has 0 saturated carbocycles. The average molecular weight is 336 g/mol. The molecule has 0 unspecified atom stereocenters. The Hall–Kier alpha value is -2.28. The van der Waals surface area contributed by atoms with Crippen molar-refractivity contribution in [1.29, 1.82) is 0 Å². The lowest BCUT2D eigenvalue weighted by atomic mass is 10.1. The molecule has 7 heteroatoms. The quantitative estimate of drug-likeness (QED) is 0.528. The fourth-order valence-electron chi connectivity index (χ4n) is 1.58. The second-order valence-electron chi connectivity index (χ2n) is 4.02. The predicted octanol–water partition coefficient (Wildman–Crippen LogP) is 2.93. The van der Waals surface area contributed by atoms with Crippen LogP contribution in [0.15, 0.2) is 47.2 Å². The van der Waals surface area contributed by atoms with Gasteiger partial charge in [0, 0.05) is 12.1 Å². The molecule has 102 valence electrons. The van der Waals surface area contributed by atoms with Crippen molar-refractivity contribution in [2.75, 3.05) is 5.32 Å². The SMILES string of the molecule is O=C(Cc1ccc([N+](=O)[O-])cc1)Nc1ccc(Br)nc1. The first-order valence-electron chi connectivity index (χ1n) is 5.69. The van der Waals surface area contributed by atoms with Crippen molar-refractivity contribution < 1.29 is 9.72 Å². The Morgan fingerprint density at radius 3 is 2.50 bits per heavy atom. The lowest BCUT2D eigenvalue weighted by Gasteiger charge is -2.05. The van der Waals surface area contributed by atoms with Gasteiger partial charge in [-0.25, -0.2) is 4.98 Å². The van der Waals surface area contributed by atoms with Crippen LogP contribution < -0.4 is 5.32 Å². The van der Waals surface area contributed by atoms with Crippen molar-refractivity contribution in [2.24, 2.45) is 0 Å². The van der Waals surface area contributed by atoms with E-state index in [0.717, 1.165) is 0 Å². The molecule has 0 aliphatic carbocycles. The molecule has 0 aliphatic rings. The van der Waals surface area contributed by atoms with Crippen molar-refractivity contribution >= 4 is 33.2 Å². The number of aromatic nitrogens is 1. The molecule has 0 aliphatic heterocycles. The maximum absolute atomic E-state index is 11.8. The number of halogens is 1. The van der Waals surface area contributed by atoms with E-state index >= 15 is 0 Å². The van der Waals surface area contributed by atoms with Gasteiger partial charge in [0.2, 0.25) is 5.91 Å². The van der Waals surface area contributed by atoms with E-state index < -0.39 is 4.92 Å². The number of carbonyl (C=O) groups is 1. The first kappa shape index (κ1) is 14.1. The molecule has 0 fully saturated rings. The summed E-state index contributed by atoms with van der Waals surface area (Å²) in [5, 5.41) is 13.2. The number of hydrogen-bond acceptors (Lipinski definition) is 4. The predicted molar refractivity (Wildman–Crippen MR) is 77.4 cm³/mol. The molecule has 0 spiro atoms. The van der Waals surface area contributed by atoms with E-state index in [9.17, 15) is 14.9 Å². The van der Waals surface area contributed by atoms with E-state index in [4.69, 9.17) is 0 Å². The first-order chi connectivity index (χ1) is 9.54. The van der Waals surface area contributed by atoms with E-state index in [0.29, 0.717) is 15.9 Å². The van der Waals surface area contributed by atoms with E-state index in [-0.39, 0.29) is 18.0 Å². The molecule has 1 aromatic heterocycles. The van der Waals surface area contributed by atoms with Crippen LogP contribution in [-0.2, 0) is 11.2 Å². The molecular formula is C13H10BrN3O3. The summed E-state index contributed by atoms with van der Waals surface area (Å²) in [4.78, 5) is 25.8. The van der Waals surface area contributed by atoms with Crippen molar-refractivity contribution in [3.05, 3.63) is 62.9 Å². The Bertz CT molecular complexity index is 626. The average Bonchev–Trinajstić information content (AvgIpc) is 2.42. The van der Waals surface area contributed by atoms with Gasteiger partial charge < -0.3 is 5.32 Å². The number of nitro benzene ring substituents is 1. The van der Waals surface area contributed by atoms with Gasteiger partial charge in [0.25, 0.3) is 5.69 Å². The van der Waals surface area contributed by atoms with Gasteiger partial charge >= 0.3 is 0 Å². The monoisotopic (exact) mass is 335 g/mol. The minimum absolute atomic E-state index is 0.00580. The Morgan fingerprint density at radius 1 is 1.25 bits per heavy atom. The zero-order valence-electron chi connectivity index (χ0n) is 10.2.